The van der Waals surface area contributed by atoms with Gasteiger partial charge in [0.2, 0.25) is 3.79 Å². The van der Waals surface area contributed by atoms with E-state index in [1.54, 1.807) is 11.0 Å². The average Bonchev–Trinajstić information content (AvgIpc) is 3.49. The molecule has 6 nitrogen and oxygen atoms in total. The second-order valence-electron chi connectivity index (χ2n) is 11.2. The van der Waals surface area contributed by atoms with Crippen molar-refractivity contribution in [3.8, 4) is 5.75 Å². The van der Waals surface area contributed by atoms with Crippen molar-refractivity contribution in [2.24, 2.45) is 5.92 Å². The number of amides is 1. The van der Waals surface area contributed by atoms with E-state index in [1.165, 1.54) is 11.1 Å². The number of alkyl halides is 3. The lowest BCUT2D eigenvalue weighted by atomic mass is 9.96. The van der Waals surface area contributed by atoms with Crippen LogP contribution in [0.15, 0.2) is 91.0 Å². The minimum Gasteiger partial charge on any atom is -0.493 e. The predicted octanol–water partition coefficient (Wildman–Crippen LogP) is 9.38. The summed E-state index contributed by atoms with van der Waals surface area (Å²) in [6, 6.07) is 31.0. The number of halogens is 3. The van der Waals surface area contributed by atoms with E-state index >= 15 is 0 Å². The summed E-state index contributed by atoms with van der Waals surface area (Å²) in [6.45, 7) is 5.48. The number of hydrogen-bond acceptors (Lipinski definition) is 5. The summed E-state index contributed by atoms with van der Waals surface area (Å²) >= 11 is 17.9. The number of nitrogens with zero attached hydrogens (tertiary/aromatic N) is 3. The molecule has 1 aromatic heterocycles. The minimum absolute atomic E-state index is 0.147. The van der Waals surface area contributed by atoms with Crippen molar-refractivity contribution < 1.29 is 14.3 Å². The monoisotopic (exact) mass is 653 g/mol. The molecule has 3 atom stereocenters. The van der Waals surface area contributed by atoms with Crippen molar-refractivity contribution in [1.29, 1.82) is 0 Å². The van der Waals surface area contributed by atoms with Gasteiger partial charge in [0.15, 0.2) is 0 Å². The zero-order chi connectivity index (χ0) is 31.1. The van der Waals surface area contributed by atoms with Crippen LogP contribution in [0.4, 0.5) is 10.6 Å². The summed E-state index contributed by atoms with van der Waals surface area (Å²) in [5.41, 5.74) is 3.22. The standard InChI is InChI=1S/C35H38Cl3N3O3/c1-3-43-32-21-33(39-30-19-11-10-18-29(30)32)41(34(42)44-24-35(36,37)38)23-28-17-12-20-31(28)40(22-26-13-6-4-7-14-26)25(2)27-15-8-5-9-16-27/h4-11,13-16,18-19,21,25,28,31H,3,12,17,20,22-24H2,1-2H3/t25-,28+,31-/m0/s1. The fourth-order valence-corrected chi connectivity index (χ4v) is 6.35. The van der Waals surface area contributed by atoms with Crippen molar-refractivity contribution in [1.82, 2.24) is 9.88 Å². The van der Waals surface area contributed by atoms with Gasteiger partial charge in [0.25, 0.3) is 0 Å². The smallest absolute Gasteiger partial charge is 0.415 e. The van der Waals surface area contributed by atoms with Gasteiger partial charge in [-0.2, -0.15) is 0 Å². The number of carbonyl (C=O) groups excluding carboxylic acids is 1. The average molecular weight is 655 g/mol. The van der Waals surface area contributed by atoms with Crippen molar-refractivity contribution in [2.75, 3.05) is 24.7 Å². The number of aromatic nitrogens is 1. The van der Waals surface area contributed by atoms with E-state index in [0.717, 1.165) is 36.7 Å². The molecule has 9 heteroatoms. The molecule has 1 heterocycles. The Hall–Kier alpha value is -3.03. The molecule has 3 aromatic carbocycles. The highest BCUT2D eigenvalue weighted by molar-refractivity contribution is 6.67. The second-order valence-corrected chi connectivity index (χ2v) is 13.7. The molecule has 0 N–H and O–H groups in total. The highest BCUT2D eigenvalue weighted by atomic mass is 35.6. The largest absolute Gasteiger partial charge is 0.493 e. The number of anilines is 1. The normalized spacial score (nSPS) is 17.5. The highest BCUT2D eigenvalue weighted by Crippen LogP contribution is 2.38. The zero-order valence-electron chi connectivity index (χ0n) is 25.0. The molecule has 0 spiro atoms. The van der Waals surface area contributed by atoms with Gasteiger partial charge < -0.3 is 9.47 Å². The number of rotatable bonds is 11. The SMILES string of the molecule is CCOc1cc(N(C[C@H]2CCC[C@@H]2N(Cc2ccccc2)[C@@H](C)c2ccccc2)C(=O)OCC(Cl)(Cl)Cl)nc2ccccc12. The Bertz CT molecular complexity index is 1520. The molecule has 1 amide bonds. The van der Waals surface area contributed by atoms with E-state index in [2.05, 4.69) is 60.4 Å². The van der Waals surface area contributed by atoms with E-state index in [-0.39, 0.29) is 24.6 Å². The van der Waals surface area contributed by atoms with E-state index in [0.29, 0.717) is 24.7 Å². The van der Waals surface area contributed by atoms with Crippen molar-refractivity contribution in [3.05, 3.63) is 102 Å². The first-order valence-electron chi connectivity index (χ1n) is 15.1. The molecule has 1 saturated carbocycles. The van der Waals surface area contributed by atoms with Gasteiger partial charge in [0, 0.05) is 36.6 Å². The van der Waals surface area contributed by atoms with Crippen LogP contribution in [0, 0.1) is 5.92 Å². The number of carbonyl (C=O) groups is 1. The molecule has 1 aliphatic carbocycles. The van der Waals surface area contributed by atoms with Crippen LogP contribution in [0.2, 0.25) is 0 Å². The van der Waals surface area contributed by atoms with Crippen molar-refractivity contribution in [3.63, 3.8) is 0 Å². The lowest BCUT2D eigenvalue weighted by Crippen LogP contribution is -2.45. The third-order valence-electron chi connectivity index (χ3n) is 8.27. The summed E-state index contributed by atoms with van der Waals surface area (Å²) in [6.07, 6.45) is 2.41. The first-order chi connectivity index (χ1) is 21.2. The summed E-state index contributed by atoms with van der Waals surface area (Å²) in [7, 11) is 0. The molecule has 0 bridgehead atoms. The fourth-order valence-electron chi connectivity index (χ4n) is 6.19. The summed E-state index contributed by atoms with van der Waals surface area (Å²) in [4.78, 5) is 22.8. The van der Waals surface area contributed by atoms with Crippen LogP contribution < -0.4 is 9.64 Å². The molecule has 0 radical (unpaired) electrons. The Balaban J connectivity index is 1.50. The van der Waals surface area contributed by atoms with E-state index in [1.807, 2.05) is 43.3 Å². The molecule has 0 unspecified atom stereocenters. The van der Waals surface area contributed by atoms with Gasteiger partial charge in [0.1, 0.15) is 18.2 Å². The Morgan fingerprint density at radius 2 is 1.66 bits per heavy atom. The number of para-hydroxylation sites is 1. The first-order valence-corrected chi connectivity index (χ1v) is 16.2. The van der Waals surface area contributed by atoms with Gasteiger partial charge in [0.05, 0.1) is 12.1 Å². The Morgan fingerprint density at radius 3 is 2.36 bits per heavy atom. The van der Waals surface area contributed by atoms with Crippen molar-refractivity contribution >= 4 is 57.6 Å². The molecule has 0 saturated heterocycles. The zero-order valence-corrected chi connectivity index (χ0v) is 27.3. The van der Waals surface area contributed by atoms with Crippen molar-refractivity contribution in [2.45, 2.75) is 55.5 Å². The second kappa shape index (κ2) is 14.8. The number of fused-ring (bicyclic) bond motifs is 1. The Morgan fingerprint density at radius 1 is 0.977 bits per heavy atom. The third-order valence-corrected chi connectivity index (χ3v) is 8.60. The van der Waals surface area contributed by atoms with Crippen LogP contribution in [0.5, 0.6) is 5.75 Å². The molecular weight excluding hydrogens is 617 g/mol. The summed E-state index contributed by atoms with van der Waals surface area (Å²) in [5, 5.41) is 0.872. The van der Waals surface area contributed by atoms with Crippen LogP contribution >= 0.6 is 34.8 Å². The molecule has 1 aliphatic rings. The lowest BCUT2D eigenvalue weighted by molar-refractivity contribution is 0.104. The van der Waals surface area contributed by atoms with Gasteiger partial charge in [-0.05, 0) is 55.9 Å². The predicted molar refractivity (Wildman–Crippen MR) is 180 cm³/mol. The number of ether oxygens (including phenoxy) is 2. The molecule has 5 rings (SSSR count). The van der Waals surface area contributed by atoms with Gasteiger partial charge in [-0.15, -0.1) is 0 Å². The topological polar surface area (TPSA) is 54.9 Å². The van der Waals surface area contributed by atoms with E-state index in [9.17, 15) is 4.79 Å². The summed E-state index contributed by atoms with van der Waals surface area (Å²) in [5.74, 6) is 1.24. The lowest BCUT2D eigenvalue weighted by Gasteiger charge is -2.39. The minimum atomic E-state index is -1.73. The Labute approximate surface area is 274 Å². The van der Waals surface area contributed by atoms with Crippen LogP contribution in [0.3, 0.4) is 0 Å². The molecule has 232 valence electrons. The van der Waals surface area contributed by atoms with Crippen LogP contribution in [-0.2, 0) is 11.3 Å². The number of pyridine rings is 1. The van der Waals surface area contributed by atoms with Gasteiger partial charge in [-0.3, -0.25) is 9.80 Å². The van der Waals surface area contributed by atoms with E-state index in [4.69, 9.17) is 49.3 Å². The first kappa shape index (κ1) is 32.4. The van der Waals surface area contributed by atoms with Crippen LogP contribution in [-0.4, -0.2) is 45.6 Å². The quantitative estimate of drug-likeness (QED) is 0.151. The third kappa shape index (κ3) is 8.16. The van der Waals surface area contributed by atoms with E-state index < -0.39 is 9.89 Å². The molecule has 44 heavy (non-hydrogen) atoms. The van der Waals surface area contributed by atoms with Gasteiger partial charge in [-0.25, -0.2) is 9.78 Å². The van der Waals surface area contributed by atoms with Crippen LogP contribution in [0.25, 0.3) is 10.9 Å². The van der Waals surface area contributed by atoms with Crippen LogP contribution in [0.1, 0.15) is 50.3 Å². The number of benzene rings is 3. The number of hydrogen-bond donors (Lipinski definition) is 0. The summed E-state index contributed by atoms with van der Waals surface area (Å²) < 4.78 is 9.81. The fraction of sp³-hybridized carbons (Fsp3) is 0.371. The highest BCUT2D eigenvalue weighted by Gasteiger charge is 2.38. The molecular formula is C35H38Cl3N3O3. The van der Waals surface area contributed by atoms with Gasteiger partial charge >= 0.3 is 6.09 Å². The maximum Gasteiger partial charge on any atom is 0.415 e. The maximum absolute atomic E-state index is 13.7. The molecule has 1 fully saturated rings. The maximum atomic E-state index is 13.7. The molecule has 0 aliphatic heterocycles. The van der Waals surface area contributed by atoms with Gasteiger partial charge in [-0.1, -0.05) is 114 Å². The molecule has 4 aromatic rings. The Kier molecular flexibility index (Phi) is 10.9.